The van der Waals surface area contributed by atoms with E-state index in [4.69, 9.17) is 0 Å². The van der Waals surface area contributed by atoms with Crippen molar-refractivity contribution in [2.45, 2.75) is 44.9 Å². The molecule has 0 atom stereocenters. The quantitative estimate of drug-likeness (QED) is 0.485. The average Bonchev–Trinajstić information content (AvgIpc) is 2.59. The summed E-state index contributed by atoms with van der Waals surface area (Å²) in [6.45, 7) is 0. The third-order valence-electron chi connectivity index (χ3n) is 2.96. The van der Waals surface area contributed by atoms with Gasteiger partial charge in [0.2, 0.25) is 0 Å². The second-order valence-corrected chi connectivity index (χ2v) is 3.65. The Morgan fingerprint density at radius 2 is 1.90 bits per heavy atom. The van der Waals surface area contributed by atoms with E-state index in [2.05, 4.69) is 6.08 Å². The van der Waals surface area contributed by atoms with Crippen LogP contribution in [0, 0.1) is 5.92 Å². The van der Waals surface area contributed by atoms with Crippen molar-refractivity contribution in [2.75, 3.05) is 0 Å². The molecule has 0 saturated heterocycles. The third kappa shape index (κ3) is 1.12. The Hall–Kier alpha value is -0.260. The molecule has 0 aromatic heterocycles. The number of allylic oxidation sites excluding steroid dienone is 2. The molecule has 0 amide bonds. The minimum atomic E-state index is 1.02. The highest BCUT2D eigenvalue weighted by atomic mass is 14.3. The van der Waals surface area contributed by atoms with E-state index in [0.717, 1.165) is 5.92 Å². The first kappa shape index (κ1) is 6.45. The van der Waals surface area contributed by atoms with E-state index in [-0.39, 0.29) is 0 Å². The standard InChI is InChI=1S/C10H16/c1-2-6-9(5-1)10-7-3-4-8-10/h5,10H,1-4,6-8H2. The monoisotopic (exact) mass is 136 g/mol. The van der Waals surface area contributed by atoms with Crippen molar-refractivity contribution in [1.29, 1.82) is 0 Å². The molecule has 0 heterocycles. The van der Waals surface area contributed by atoms with Gasteiger partial charge in [0, 0.05) is 0 Å². The van der Waals surface area contributed by atoms with Crippen LogP contribution < -0.4 is 0 Å². The molecule has 2 rings (SSSR count). The van der Waals surface area contributed by atoms with Crippen molar-refractivity contribution in [1.82, 2.24) is 0 Å². The van der Waals surface area contributed by atoms with E-state index < -0.39 is 0 Å². The summed E-state index contributed by atoms with van der Waals surface area (Å²) >= 11 is 0. The summed E-state index contributed by atoms with van der Waals surface area (Å²) in [6, 6.07) is 0. The van der Waals surface area contributed by atoms with Crippen LogP contribution in [-0.2, 0) is 0 Å². The maximum atomic E-state index is 2.50. The fourth-order valence-corrected chi connectivity index (χ4v) is 2.36. The lowest BCUT2D eigenvalue weighted by atomic mass is 9.97. The highest BCUT2D eigenvalue weighted by Gasteiger charge is 2.20. The molecule has 0 aliphatic heterocycles. The Morgan fingerprint density at radius 1 is 1.10 bits per heavy atom. The van der Waals surface area contributed by atoms with Gasteiger partial charge in [-0.2, -0.15) is 0 Å². The van der Waals surface area contributed by atoms with Crippen LogP contribution in [0.2, 0.25) is 0 Å². The SMILES string of the molecule is C1=C(C2CCCC2)CCC1. The van der Waals surface area contributed by atoms with Gasteiger partial charge >= 0.3 is 0 Å². The van der Waals surface area contributed by atoms with E-state index in [1.54, 1.807) is 5.57 Å². The number of rotatable bonds is 1. The Morgan fingerprint density at radius 3 is 2.50 bits per heavy atom. The van der Waals surface area contributed by atoms with Crippen LogP contribution in [0.3, 0.4) is 0 Å². The van der Waals surface area contributed by atoms with Crippen LogP contribution >= 0.6 is 0 Å². The Bertz CT molecular complexity index is 138. The predicted octanol–water partition coefficient (Wildman–Crippen LogP) is 3.29. The van der Waals surface area contributed by atoms with Gasteiger partial charge in [-0.05, 0) is 38.0 Å². The lowest BCUT2D eigenvalue weighted by Gasteiger charge is -2.08. The van der Waals surface area contributed by atoms with Gasteiger partial charge in [-0.1, -0.05) is 24.5 Å². The molecule has 0 aromatic carbocycles. The van der Waals surface area contributed by atoms with Gasteiger partial charge in [-0.3, -0.25) is 0 Å². The number of hydrogen-bond acceptors (Lipinski definition) is 0. The van der Waals surface area contributed by atoms with E-state index in [0.29, 0.717) is 0 Å². The summed E-state index contributed by atoms with van der Waals surface area (Å²) < 4.78 is 0. The average molecular weight is 136 g/mol. The molecule has 1 fully saturated rings. The van der Waals surface area contributed by atoms with Crippen LogP contribution in [0.15, 0.2) is 11.6 Å². The topological polar surface area (TPSA) is 0 Å². The fraction of sp³-hybridized carbons (Fsp3) is 0.800. The Balaban J connectivity index is 1.97. The Kier molecular flexibility index (Phi) is 1.79. The zero-order chi connectivity index (χ0) is 6.81. The number of hydrogen-bond donors (Lipinski definition) is 0. The summed E-state index contributed by atoms with van der Waals surface area (Å²) in [6.07, 6.45) is 12.7. The van der Waals surface area contributed by atoms with Crippen molar-refractivity contribution in [3.8, 4) is 0 Å². The highest BCUT2D eigenvalue weighted by Crippen LogP contribution is 2.36. The molecular formula is C10H16. The summed E-state index contributed by atoms with van der Waals surface area (Å²) in [5, 5.41) is 0. The summed E-state index contributed by atoms with van der Waals surface area (Å²) in [4.78, 5) is 0. The molecule has 1 saturated carbocycles. The lowest BCUT2D eigenvalue weighted by Crippen LogP contribution is -1.94. The van der Waals surface area contributed by atoms with E-state index in [1.807, 2.05) is 0 Å². The zero-order valence-electron chi connectivity index (χ0n) is 6.60. The second-order valence-electron chi connectivity index (χ2n) is 3.65. The molecule has 0 heteroatoms. The van der Waals surface area contributed by atoms with Gasteiger partial charge in [0.1, 0.15) is 0 Å². The predicted molar refractivity (Wildman–Crippen MR) is 43.9 cm³/mol. The van der Waals surface area contributed by atoms with Crippen molar-refractivity contribution >= 4 is 0 Å². The minimum Gasteiger partial charge on any atom is -0.0850 e. The van der Waals surface area contributed by atoms with E-state index in [1.165, 1.54) is 44.9 Å². The van der Waals surface area contributed by atoms with Crippen molar-refractivity contribution in [3.63, 3.8) is 0 Å². The molecule has 56 valence electrons. The normalized spacial score (nSPS) is 27.4. The minimum absolute atomic E-state index is 1.02. The molecule has 0 N–H and O–H groups in total. The maximum absolute atomic E-state index is 2.50. The molecule has 0 aromatic rings. The van der Waals surface area contributed by atoms with Gasteiger partial charge < -0.3 is 0 Å². The fourth-order valence-electron chi connectivity index (χ4n) is 2.36. The summed E-state index contributed by atoms with van der Waals surface area (Å²) in [5.74, 6) is 1.02. The first-order valence-corrected chi connectivity index (χ1v) is 4.66. The molecule has 0 nitrogen and oxygen atoms in total. The van der Waals surface area contributed by atoms with Crippen molar-refractivity contribution < 1.29 is 0 Å². The smallest absolute Gasteiger partial charge is 0.0203 e. The van der Waals surface area contributed by atoms with E-state index in [9.17, 15) is 0 Å². The molecular weight excluding hydrogens is 120 g/mol. The first-order chi connectivity index (χ1) is 4.97. The molecule has 2 aliphatic rings. The van der Waals surface area contributed by atoms with Crippen LogP contribution in [0.1, 0.15) is 44.9 Å². The highest BCUT2D eigenvalue weighted by molar-refractivity contribution is 5.12. The molecule has 0 radical (unpaired) electrons. The lowest BCUT2D eigenvalue weighted by molar-refractivity contribution is 0.621. The summed E-state index contributed by atoms with van der Waals surface area (Å²) in [5.41, 5.74) is 1.80. The largest absolute Gasteiger partial charge is 0.0850 e. The van der Waals surface area contributed by atoms with Gasteiger partial charge in [0.25, 0.3) is 0 Å². The van der Waals surface area contributed by atoms with Crippen molar-refractivity contribution in [3.05, 3.63) is 11.6 Å². The van der Waals surface area contributed by atoms with Crippen LogP contribution in [-0.4, -0.2) is 0 Å². The van der Waals surface area contributed by atoms with Gasteiger partial charge in [-0.15, -0.1) is 0 Å². The second kappa shape index (κ2) is 2.77. The molecule has 0 spiro atoms. The molecule has 2 aliphatic carbocycles. The van der Waals surface area contributed by atoms with E-state index >= 15 is 0 Å². The van der Waals surface area contributed by atoms with Gasteiger partial charge in [0.15, 0.2) is 0 Å². The molecule has 0 unspecified atom stereocenters. The molecule has 10 heavy (non-hydrogen) atoms. The third-order valence-corrected chi connectivity index (χ3v) is 2.96. The van der Waals surface area contributed by atoms with Crippen molar-refractivity contribution in [2.24, 2.45) is 5.92 Å². The summed E-state index contributed by atoms with van der Waals surface area (Å²) in [7, 11) is 0. The maximum Gasteiger partial charge on any atom is -0.0203 e. The van der Waals surface area contributed by atoms with Crippen LogP contribution in [0.4, 0.5) is 0 Å². The Labute approximate surface area is 63.3 Å². The molecule has 0 bridgehead atoms. The van der Waals surface area contributed by atoms with Crippen LogP contribution in [0.5, 0.6) is 0 Å². The zero-order valence-corrected chi connectivity index (χ0v) is 6.60. The van der Waals surface area contributed by atoms with Gasteiger partial charge in [0.05, 0.1) is 0 Å². The first-order valence-electron chi connectivity index (χ1n) is 4.66. The van der Waals surface area contributed by atoms with Gasteiger partial charge in [-0.25, -0.2) is 0 Å². The van der Waals surface area contributed by atoms with Crippen LogP contribution in [0.25, 0.3) is 0 Å².